The molecule has 3 saturated heterocycles. The fraction of sp³-hybridized carbons (Fsp3) is 0.481. The smallest absolute Gasteiger partial charge is 0.257 e. The van der Waals surface area contributed by atoms with E-state index in [-0.39, 0.29) is 11.9 Å². The summed E-state index contributed by atoms with van der Waals surface area (Å²) in [5, 5.41) is 16.9. The molecule has 7 rings (SSSR count). The lowest BCUT2D eigenvalue weighted by atomic mass is 10.1. The molecule has 0 aliphatic carbocycles. The Morgan fingerprint density at radius 1 is 1.02 bits per heavy atom. The highest BCUT2D eigenvalue weighted by Crippen LogP contribution is 2.42. The number of rotatable bonds is 6. The van der Waals surface area contributed by atoms with Crippen molar-refractivity contribution in [3.8, 4) is 17.6 Å². The predicted molar refractivity (Wildman–Crippen MR) is 144 cm³/mol. The summed E-state index contributed by atoms with van der Waals surface area (Å²) in [5.74, 6) is 1.66. The van der Waals surface area contributed by atoms with Crippen LogP contribution in [0.1, 0.15) is 22.3 Å². The number of benzene rings is 1. The van der Waals surface area contributed by atoms with Gasteiger partial charge in [0.2, 0.25) is 5.95 Å². The number of hydrogen-bond acceptors (Lipinski definition) is 11. The largest absolute Gasteiger partial charge is 0.485 e. The Morgan fingerprint density at radius 3 is 2.58 bits per heavy atom. The molecule has 13 nitrogen and oxygen atoms in total. The Labute approximate surface area is 230 Å². The summed E-state index contributed by atoms with van der Waals surface area (Å²) >= 11 is 0. The van der Waals surface area contributed by atoms with Crippen molar-refractivity contribution in [3.05, 3.63) is 29.5 Å². The topological polar surface area (TPSA) is 150 Å². The van der Waals surface area contributed by atoms with Gasteiger partial charge < -0.3 is 39.5 Å². The number of carbonyl (C=O) groups is 1. The Kier molecular flexibility index (Phi) is 6.51. The molecular formula is C27H30N8O5. The van der Waals surface area contributed by atoms with Crippen LogP contribution >= 0.6 is 0 Å². The summed E-state index contributed by atoms with van der Waals surface area (Å²) < 4.78 is 22.8. The minimum Gasteiger partial charge on any atom is -0.485 e. The van der Waals surface area contributed by atoms with Crippen LogP contribution in [-0.4, -0.2) is 109 Å². The van der Waals surface area contributed by atoms with Crippen LogP contribution in [0, 0.1) is 11.3 Å². The first-order chi connectivity index (χ1) is 19.7. The molecule has 1 unspecified atom stereocenters. The minimum atomic E-state index is -0.0730. The van der Waals surface area contributed by atoms with Gasteiger partial charge in [0, 0.05) is 39.0 Å². The predicted octanol–water partition coefficient (Wildman–Crippen LogP) is 1.70. The minimum absolute atomic E-state index is 0.0730. The fourth-order valence-electron chi connectivity index (χ4n) is 5.54. The zero-order valence-electron chi connectivity index (χ0n) is 21.9. The van der Waals surface area contributed by atoms with Crippen molar-refractivity contribution < 1.29 is 23.7 Å². The number of ether oxygens (including phenoxy) is 4. The van der Waals surface area contributed by atoms with Gasteiger partial charge in [-0.1, -0.05) is 0 Å². The van der Waals surface area contributed by atoms with Crippen molar-refractivity contribution in [1.29, 1.82) is 5.26 Å². The van der Waals surface area contributed by atoms with Crippen molar-refractivity contribution >= 4 is 34.4 Å². The first-order valence-corrected chi connectivity index (χ1v) is 13.6. The fourth-order valence-corrected chi connectivity index (χ4v) is 5.54. The lowest BCUT2D eigenvalue weighted by Gasteiger charge is -2.42. The molecule has 0 radical (unpaired) electrons. The quantitative estimate of drug-likeness (QED) is 0.415. The number of carbonyl (C=O) groups excluding carboxylic acids is 1. The van der Waals surface area contributed by atoms with E-state index in [2.05, 4.69) is 31.6 Å². The maximum atomic E-state index is 13.5. The van der Waals surface area contributed by atoms with Crippen LogP contribution in [0.5, 0.6) is 11.5 Å². The van der Waals surface area contributed by atoms with E-state index in [0.29, 0.717) is 96.7 Å². The van der Waals surface area contributed by atoms with E-state index in [1.807, 2.05) is 4.90 Å². The van der Waals surface area contributed by atoms with Crippen molar-refractivity contribution in [2.45, 2.75) is 18.5 Å². The third-order valence-electron chi connectivity index (χ3n) is 7.83. The molecule has 3 aromatic rings. The molecule has 1 amide bonds. The molecule has 208 valence electrons. The van der Waals surface area contributed by atoms with Crippen LogP contribution in [0.3, 0.4) is 0 Å². The molecule has 0 spiro atoms. The number of aromatic nitrogens is 3. The van der Waals surface area contributed by atoms with E-state index in [1.54, 1.807) is 18.3 Å². The second-order valence-corrected chi connectivity index (χ2v) is 10.3. The Hall–Kier alpha value is -4.12. The van der Waals surface area contributed by atoms with E-state index in [9.17, 15) is 10.1 Å². The summed E-state index contributed by atoms with van der Waals surface area (Å²) in [7, 11) is 0. The number of nitrogens with zero attached hydrogens (tertiary/aromatic N) is 5. The number of nitriles is 1. The molecule has 40 heavy (non-hydrogen) atoms. The molecule has 1 atom stereocenters. The van der Waals surface area contributed by atoms with Crippen LogP contribution in [0.2, 0.25) is 0 Å². The van der Waals surface area contributed by atoms with Gasteiger partial charge in [0.1, 0.15) is 30.7 Å². The second-order valence-electron chi connectivity index (χ2n) is 10.3. The van der Waals surface area contributed by atoms with Gasteiger partial charge in [-0.2, -0.15) is 15.2 Å². The number of H-pyrrole nitrogens is 1. The molecule has 13 heteroatoms. The standard InChI is InChI=1S/C27H30N8O5/c28-11-16-12-29-24-21(16)25(30-17-3-8-37-13-17)33-27(32-24)31-20-2-1-19(22-23(20)40-10-9-39-22)26(36)35-6-4-34(5-7-35)18-14-38-15-18/h1-2,12,17-18H,3-10,13-15H2,(H3,29,30,31,32,33). The van der Waals surface area contributed by atoms with Crippen LogP contribution in [0.4, 0.5) is 17.5 Å². The van der Waals surface area contributed by atoms with Crippen molar-refractivity contribution in [3.63, 3.8) is 0 Å². The third kappa shape index (κ3) is 4.53. The normalized spacial score (nSPS) is 21.2. The van der Waals surface area contributed by atoms with E-state index in [1.165, 1.54) is 0 Å². The number of anilines is 3. The van der Waals surface area contributed by atoms with Crippen LogP contribution < -0.4 is 20.1 Å². The van der Waals surface area contributed by atoms with Crippen LogP contribution in [0.15, 0.2) is 18.3 Å². The number of fused-ring (bicyclic) bond motifs is 2. The van der Waals surface area contributed by atoms with E-state index in [0.717, 1.165) is 32.7 Å². The molecule has 3 N–H and O–H groups in total. The van der Waals surface area contributed by atoms with E-state index < -0.39 is 0 Å². The summed E-state index contributed by atoms with van der Waals surface area (Å²) in [6.45, 7) is 6.46. The first kappa shape index (κ1) is 24.9. The number of aromatic amines is 1. The number of hydrogen-bond donors (Lipinski definition) is 3. The summed E-state index contributed by atoms with van der Waals surface area (Å²) in [4.78, 5) is 30.2. The van der Waals surface area contributed by atoms with Crippen molar-refractivity contribution in [1.82, 2.24) is 24.8 Å². The zero-order chi connectivity index (χ0) is 27.1. The summed E-state index contributed by atoms with van der Waals surface area (Å²) in [6.07, 6.45) is 2.47. The van der Waals surface area contributed by atoms with Crippen molar-refractivity contribution in [2.24, 2.45) is 0 Å². The first-order valence-electron chi connectivity index (χ1n) is 13.6. The summed E-state index contributed by atoms with van der Waals surface area (Å²) in [5.41, 5.74) is 2.05. The Morgan fingerprint density at radius 2 is 1.85 bits per heavy atom. The number of amides is 1. The highest BCUT2D eigenvalue weighted by molar-refractivity contribution is 5.99. The highest BCUT2D eigenvalue weighted by Gasteiger charge is 2.33. The van der Waals surface area contributed by atoms with Crippen LogP contribution in [-0.2, 0) is 9.47 Å². The molecule has 3 fully saturated rings. The lowest BCUT2D eigenvalue weighted by Crippen LogP contribution is -2.57. The van der Waals surface area contributed by atoms with Gasteiger partial charge in [-0.3, -0.25) is 9.69 Å². The third-order valence-corrected chi connectivity index (χ3v) is 7.83. The highest BCUT2D eigenvalue weighted by atomic mass is 16.6. The van der Waals surface area contributed by atoms with Gasteiger partial charge in [-0.15, -0.1) is 0 Å². The molecule has 0 bridgehead atoms. The van der Waals surface area contributed by atoms with E-state index in [4.69, 9.17) is 23.9 Å². The maximum absolute atomic E-state index is 13.5. The van der Waals surface area contributed by atoms with Gasteiger partial charge >= 0.3 is 0 Å². The maximum Gasteiger partial charge on any atom is 0.257 e. The van der Waals surface area contributed by atoms with Gasteiger partial charge in [0.15, 0.2) is 11.5 Å². The number of nitrogens with one attached hydrogen (secondary N) is 3. The van der Waals surface area contributed by atoms with Crippen molar-refractivity contribution in [2.75, 3.05) is 76.5 Å². The Balaban J connectivity index is 1.16. The zero-order valence-corrected chi connectivity index (χ0v) is 21.9. The average Bonchev–Trinajstić information content (AvgIpc) is 3.62. The monoisotopic (exact) mass is 546 g/mol. The van der Waals surface area contributed by atoms with Gasteiger partial charge in [-0.05, 0) is 18.6 Å². The molecular weight excluding hydrogens is 516 g/mol. The SMILES string of the molecule is N#Cc1c[nH]c2nc(Nc3ccc(C(=O)N4CCN(C5COC5)CC4)c4c3OCCO4)nc(NC3CCOC3)c12. The lowest BCUT2D eigenvalue weighted by molar-refractivity contribution is -0.0746. The average molecular weight is 547 g/mol. The molecule has 6 heterocycles. The van der Waals surface area contributed by atoms with Gasteiger partial charge in [0.05, 0.1) is 54.1 Å². The molecule has 4 aliphatic heterocycles. The van der Waals surface area contributed by atoms with Gasteiger partial charge in [0.25, 0.3) is 5.91 Å². The molecule has 0 saturated carbocycles. The van der Waals surface area contributed by atoms with Crippen LogP contribution in [0.25, 0.3) is 11.0 Å². The molecule has 1 aromatic carbocycles. The molecule has 4 aliphatic rings. The van der Waals surface area contributed by atoms with E-state index >= 15 is 0 Å². The summed E-state index contributed by atoms with van der Waals surface area (Å²) in [6, 6.07) is 6.31. The number of piperazine rings is 1. The second kappa shape index (κ2) is 10.5. The Bertz CT molecular complexity index is 1470. The molecule has 2 aromatic heterocycles. The van der Waals surface area contributed by atoms with Gasteiger partial charge in [-0.25, -0.2) is 0 Å².